The fourth-order valence-corrected chi connectivity index (χ4v) is 4.49. The minimum Gasteiger partial charge on any atom is -0.298 e. The van der Waals surface area contributed by atoms with Gasteiger partial charge in [0.2, 0.25) is 5.91 Å². The molecule has 0 N–H and O–H groups in total. The predicted molar refractivity (Wildman–Crippen MR) is 107 cm³/mol. The molecule has 1 heterocycles. The van der Waals surface area contributed by atoms with Crippen molar-refractivity contribution in [3.63, 3.8) is 0 Å². The number of carbonyl (C=O) groups is 1. The van der Waals surface area contributed by atoms with Gasteiger partial charge in [-0.15, -0.1) is 5.10 Å². The molecule has 8 heteroatoms. The first-order valence-corrected chi connectivity index (χ1v) is 9.91. The Morgan fingerprint density at radius 1 is 1.19 bits per heavy atom. The summed E-state index contributed by atoms with van der Waals surface area (Å²) in [5.74, 6) is 0.0447. The molecule has 0 spiro atoms. The minimum absolute atomic E-state index is 0.0115. The van der Waals surface area contributed by atoms with E-state index in [0.29, 0.717) is 9.64 Å². The number of amides is 1. The Morgan fingerprint density at radius 3 is 2.50 bits per heavy atom. The molecule has 0 aliphatic heterocycles. The Kier molecular flexibility index (Phi) is 6.17. The first kappa shape index (κ1) is 18.3. The van der Waals surface area contributed by atoms with Crippen LogP contribution in [0.4, 0.5) is 5.69 Å². The summed E-state index contributed by atoms with van der Waals surface area (Å²) in [6, 6.07) is 20.9. The van der Waals surface area contributed by atoms with Crippen molar-refractivity contribution in [1.82, 2.24) is 9.78 Å². The molecule has 0 saturated heterocycles. The highest BCUT2D eigenvalue weighted by molar-refractivity contribution is 8.01. The van der Waals surface area contributed by atoms with Crippen molar-refractivity contribution < 1.29 is 4.79 Å². The molecular weight excluding hydrogens is 384 g/mol. The van der Waals surface area contributed by atoms with Crippen LogP contribution in [-0.4, -0.2) is 28.0 Å². The quantitative estimate of drug-likeness (QED) is 0.352. The molecule has 0 unspecified atom stereocenters. The van der Waals surface area contributed by atoms with Crippen LogP contribution < -0.4 is 4.90 Å². The van der Waals surface area contributed by atoms with E-state index in [9.17, 15) is 4.79 Å². The van der Waals surface area contributed by atoms with Crippen molar-refractivity contribution in [3.8, 4) is 11.8 Å². The predicted octanol–water partition coefficient (Wildman–Crippen LogP) is 4.31. The molecule has 2 aromatic carbocycles. The highest BCUT2D eigenvalue weighted by Crippen LogP contribution is 2.25. The van der Waals surface area contributed by atoms with Crippen LogP contribution in [0.2, 0.25) is 0 Å². The molecule has 0 radical (unpaired) electrons. The molecule has 3 aromatic rings. The number of thioether (sulfide) groups is 1. The van der Waals surface area contributed by atoms with Crippen molar-refractivity contribution in [2.75, 3.05) is 17.2 Å². The summed E-state index contributed by atoms with van der Waals surface area (Å²) in [6.45, 7) is 0.0115. The van der Waals surface area contributed by atoms with E-state index in [0.717, 1.165) is 10.0 Å². The lowest BCUT2D eigenvalue weighted by Crippen LogP contribution is -2.32. The number of nitrogens with zero attached hydrogens (tertiary/aromatic N) is 4. The molecule has 1 amide bonds. The van der Waals surface area contributed by atoms with Gasteiger partial charge >= 0.3 is 0 Å². The lowest BCUT2D eigenvalue weighted by atomic mass is 10.3. The fraction of sp³-hybridized carbons (Fsp3) is 0.111. The zero-order valence-corrected chi connectivity index (χ0v) is 16.1. The molecular formula is C18H14N4OS3. The summed E-state index contributed by atoms with van der Waals surface area (Å²) >= 11 is 8.06. The second kappa shape index (κ2) is 8.76. The van der Waals surface area contributed by atoms with Gasteiger partial charge in [0.1, 0.15) is 6.54 Å². The second-order valence-corrected chi connectivity index (χ2v) is 7.99. The molecule has 0 aliphatic carbocycles. The van der Waals surface area contributed by atoms with Crippen LogP contribution in [0.3, 0.4) is 0 Å². The normalized spacial score (nSPS) is 10.3. The highest BCUT2D eigenvalue weighted by Gasteiger charge is 2.17. The van der Waals surface area contributed by atoms with Crippen molar-refractivity contribution in [1.29, 1.82) is 5.26 Å². The maximum atomic E-state index is 12.6. The van der Waals surface area contributed by atoms with Crippen molar-refractivity contribution in [2.24, 2.45) is 0 Å². The molecule has 130 valence electrons. The third-order valence-corrected chi connectivity index (χ3v) is 5.80. The number of nitriles is 1. The number of hydrogen-bond acceptors (Lipinski definition) is 6. The molecule has 1 aromatic heterocycles. The van der Waals surface area contributed by atoms with Crippen LogP contribution in [0.5, 0.6) is 0 Å². The maximum Gasteiger partial charge on any atom is 0.238 e. The van der Waals surface area contributed by atoms with E-state index in [1.165, 1.54) is 28.0 Å². The van der Waals surface area contributed by atoms with Crippen molar-refractivity contribution in [3.05, 3.63) is 64.6 Å². The van der Waals surface area contributed by atoms with Crippen LogP contribution in [0.1, 0.15) is 0 Å². The first-order valence-electron chi connectivity index (χ1n) is 7.70. The highest BCUT2D eigenvalue weighted by atomic mass is 32.2. The van der Waals surface area contributed by atoms with Gasteiger partial charge in [0.15, 0.2) is 8.29 Å². The van der Waals surface area contributed by atoms with Gasteiger partial charge in [0.25, 0.3) is 0 Å². The Hall–Kier alpha value is -2.47. The zero-order valence-electron chi connectivity index (χ0n) is 13.6. The van der Waals surface area contributed by atoms with E-state index in [1.807, 2.05) is 66.7 Å². The van der Waals surface area contributed by atoms with Crippen LogP contribution in [0.15, 0.2) is 65.0 Å². The molecule has 5 nitrogen and oxygen atoms in total. The number of hydrogen-bond donors (Lipinski definition) is 0. The number of rotatable bonds is 6. The topological polar surface area (TPSA) is 61.9 Å². The van der Waals surface area contributed by atoms with Gasteiger partial charge in [-0.1, -0.05) is 59.5 Å². The maximum absolute atomic E-state index is 12.6. The second-order valence-electron chi connectivity index (χ2n) is 5.14. The van der Waals surface area contributed by atoms with E-state index in [1.54, 1.807) is 4.68 Å². The summed E-state index contributed by atoms with van der Waals surface area (Å²) in [5, 5.41) is 13.5. The van der Waals surface area contributed by atoms with E-state index in [-0.39, 0.29) is 18.2 Å². The Balaban J connectivity index is 1.71. The summed E-state index contributed by atoms with van der Waals surface area (Å²) in [6.07, 6.45) is 0. The third-order valence-electron chi connectivity index (χ3n) is 3.45. The summed E-state index contributed by atoms with van der Waals surface area (Å²) in [5.41, 5.74) is 1.60. The van der Waals surface area contributed by atoms with Gasteiger partial charge in [-0.25, -0.2) is 4.68 Å². The minimum atomic E-state index is -0.143. The third kappa shape index (κ3) is 4.38. The van der Waals surface area contributed by atoms with Crippen molar-refractivity contribution in [2.45, 2.75) is 4.34 Å². The summed E-state index contributed by atoms with van der Waals surface area (Å²) in [4.78, 5) is 14.0. The van der Waals surface area contributed by atoms with Gasteiger partial charge in [-0.2, -0.15) is 5.26 Å². The molecule has 0 saturated carbocycles. The van der Waals surface area contributed by atoms with E-state index in [4.69, 9.17) is 17.5 Å². The SMILES string of the molecule is N#CCN(C(=O)CSc1nn(-c2ccccc2)c(=S)s1)c1ccccc1. The number of para-hydroxylation sites is 2. The average molecular weight is 399 g/mol. The first-order chi connectivity index (χ1) is 12.7. The summed E-state index contributed by atoms with van der Waals surface area (Å²) < 4.78 is 3.04. The van der Waals surface area contributed by atoms with Gasteiger partial charge < -0.3 is 0 Å². The molecule has 3 rings (SSSR count). The lowest BCUT2D eigenvalue weighted by molar-refractivity contribution is -0.116. The monoisotopic (exact) mass is 398 g/mol. The smallest absolute Gasteiger partial charge is 0.238 e. The Labute approximate surface area is 164 Å². The summed E-state index contributed by atoms with van der Waals surface area (Å²) in [7, 11) is 0. The van der Waals surface area contributed by atoms with Crippen LogP contribution >= 0.6 is 35.3 Å². The number of aromatic nitrogens is 2. The number of carbonyl (C=O) groups excluding carboxylic acids is 1. The van der Waals surface area contributed by atoms with E-state index < -0.39 is 0 Å². The van der Waals surface area contributed by atoms with Crippen LogP contribution in [0.25, 0.3) is 5.69 Å². The molecule has 0 bridgehead atoms. The largest absolute Gasteiger partial charge is 0.298 e. The van der Waals surface area contributed by atoms with Gasteiger partial charge in [0, 0.05) is 5.69 Å². The average Bonchev–Trinajstić information content (AvgIpc) is 3.06. The molecule has 0 aliphatic rings. The van der Waals surface area contributed by atoms with Gasteiger partial charge in [-0.3, -0.25) is 9.69 Å². The van der Waals surface area contributed by atoms with Gasteiger partial charge in [0.05, 0.1) is 17.5 Å². The van der Waals surface area contributed by atoms with E-state index >= 15 is 0 Å². The zero-order chi connectivity index (χ0) is 18.4. The number of anilines is 1. The van der Waals surface area contributed by atoms with Crippen molar-refractivity contribution >= 4 is 46.9 Å². The Morgan fingerprint density at radius 2 is 1.85 bits per heavy atom. The standard InChI is InChI=1S/C18H14N4OS3/c19-11-12-21(14-7-3-1-4-8-14)16(23)13-25-17-20-22(18(24)26-17)15-9-5-2-6-10-15/h1-10H,12-13H2. The van der Waals surface area contributed by atoms with Crippen LogP contribution in [-0.2, 0) is 4.79 Å². The Bertz CT molecular complexity index is 977. The molecule has 0 atom stereocenters. The fourth-order valence-electron chi connectivity index (χ4n) is 2.25. The van der Waals surface area contributed by atoms with E-state index in [2.05, 4.69) is 5.10 Å². The van der Waals surface area contributed by atoms with Crippen LogP contribution in [0, 0.1) is 15.3 Å². The lowest BCUT2D eigenvalue weighted by Gasteiger charge is -2.19. The molecule has 26 heavy (non-hydrogen) atoms. The number of benzene rings is 2. The molecule has 0 fully saturated rings. The van der Waals surface area contributed by atoms with Gasteiger partial charge in [-0.05, 0) is 36.5 Å².